The minimum atomic E-state index is -1.44. The van der Waals surface area contributed by atoms with E-state index in [2.05, 4.69) is 0 Å². The maximum atomic E-state index is 12.3. The molecule has 20 heavy (non-hydrogen) atoms. The van der Waals surface area contributed by atoms with Gasteiger partial charge in [-0.3, -0.25) is 9.00 Å². The Balaban J connectivity index is 2.09. The highest BCUT2D eigenvalue weighted by Crippen LogP contribution is 2.27. The van der Waals surface area contributed by atoms with Crippen LogP contribution in [0.4, 0.5) is 5.69 Å². The maximum absolute atomic E-state index is 12.3. The van der Waals surface area contributed by atoms with E-state index >= 15 is 0 Å². The Morgan fingerprint density at radius 1 is 1.50 bits per heavy atom. The monoisotopic (exact) mass is 296 g/mol. The molecule has 0 radical (unpaired) electrons. The van der Waals surface area contributed by atoms with Crippen molar-refractivity contribution in [3.63, 3.8) is 0 Å². The van der Waals surface area contributed by atoms with E-state index in [9.17, 15) is 9.00 Å². The van der Waals surface area contributed by atoms with Crippen molar-refractivity contribution in [2.45, 2.75) is 30.7 Å². The standard InChI is InChI=1S/C14H20N2O3S/c1-3-16(10-4-5-10)14(17)9-20(18)13-8-11(19-2)6-7-12(13)15/h6-8,10H,3-5,9,15H2,1-2H3. The Morgan fingerprint density at radius 2 is 2.20 bits per heavy atom. The van der Waals surface area contributed by atoms with Gasteiger partial charge >= 0.3 is 0 Å². The van der Waals surface area contributed by atoms with E-state index in [0.717, 1.165) is 12.8 Å². The summed E-state index contributed by atoms with van der Waals surface area (Å²) in [5, 5.41) is 0. The van der Waals surface area contributed by atoms with Crippen molar-refractivity contribution < 1.29 is 13.7 Å². The number of hydrogen-bond donors (Lipinski definition) is 1. The number of nitrogens with two attached hydrogens (primary N) is 1. The molecule has 1 saturated carbocycles. The van der Waals surface area contributed by atoms with Gasteiger partial charge in [-0.2, -0.15) is 0 Å². The van der Waals surface area contributed by atoms with Gasteiger partial charge in [0.1, 0.15) is 11.5 Å². The summed E-state index contributed by atoms with van der Waals surface area (Å²) in [7, 11) is 0.0929. The van der Waals surface area contributed by atoms with Crippen molar-refractivity contribution in [3.8, 4) is 5.75 Å². The summed E-state index contributed by atoms with van der Waals surface area (Å²) >= 11 is 0. The minimum absolute atomic E-state index is 0.0261. The van der Waals surface area contributed by atoms with Gasteiger partial charge in [0.05, 0.1) is 22.8 Å². The Kier molecular flexibility index (Phi) is 4.65. The Labute approximate surface area is 121 Å². The van der Waals surface area contributed by atoms with Crippen molar-refractivity contribution in [2.24, 2.45) is 0 Å². The highest BCUT2D eigenvalue weighted by atomic mass is 32.2. The summed E-state index contributed by atoms with van der Waals surface area (Å²) in [5.41, 5.74) is 6.25. The number of nitrogen functional groups attached to an aromatic ring is 1. The molecular weight excluding hydrogens is 276 g/mol. The van der Waals surface area contributed by atoms with Crippen LogP contribution in [0.2, 0.25) is 0 Å². The molecule has 1 unspecified atom stereocenters. The van der Waals surface area contributed by atoms with Crippen LogP contribution in [0.15, 0.2) is 23.1 Å². The summed E-state index contributed by atoms with van der Waals surface area (Å²) in [5.74, 6) is 0.488. The molecule has 1 aliphatic carbocycles. The number of nitrogens with zero attached hydrogens (tertiary/aromatic N) is 1. The van der Waals surface area contributed by atoms with Gasteiger partial charge < -0.3 is 15.4 Å². The summed E-state index contributed by atoms with van der Waals surface area (Å²) < 4.78 is 17.4. The van der Waals surface area contributed by atoms with Gasteiger partial charge in [-0.05, 0) is 38.0 Å². The lowest BCUT2D eigenvalue weighted by atomic mass is 10.3. The highest BCUT2D eigenvalue weighted by molar-refractivity contribution is 7.86. The quantitative estimate of drug-likeness (QED) is 0.805. The summed E-state index contributed by atoms with van der Waals surface area (Å²) in [6, 6.07) is 5.33. The third-order valence-corrected chi connectivity index (χ3v) is 4.72. The third-order valence-electron chi connectivity index (χ3n) is 3.37. The molecule has 1 fully saturated rings. The smallest absolute Gasteiger partial charge is 0.235 e. The van der Waals surface area contributed by atoms with Gasteiger partial charge in [-0.1, -0.05) is 0 Å². The molecule has 1 aliphatic rings. The van der Waals surface area contributed by atoms with Crippen LogP contribution in [-0.2, 0) is 15.6 Å². The van der Waals surface area contributed by atoms with Crippen LogP contribution in [0.5, 0.6) is 5.75 Å². The van der Waals surface area contributed by atoms with Gasteiger partial charge in [-0.15, -0.1) is 0 Å². The highest BCUT2D eigenvalue weighted by Gasteiger charge is 2.32. The van der Waals surface area contributed by atoms with E-state index in [1.54, 1.807) is 23.1 Å². The zero-order valence-corrected chi connectivity index (χ0v) is 12.6. The van der Waals surface area contributed by atoms with E-state index in [-0.39, 0.29) is 11.7 Å². The second-order valence-corrected chi connectivity index (χ2v) is 6.22. The molecule has 1 aromatic carbocycles. The van der Waals surface area contributed by atoms with Gasteiger partial charge in [-0.25, -0.2) is 0 Å². The van der Waals surface area contributed by atoms with E-state index in [1.165, 1.54) is 7.11 Å². The number of methoxy groups -OCH3 is 1. The molecular formula is C14H20N2O3S. The second-order valence-electron chi connectivity index (χ2n) is 4.80. The van der Waals surface area contributed by atoms with Gasteiger partial charge in [0.25, 0.3) is 0 Å². The predicted molar refractivity (Wildman–Crippen MR) is 79.1 cm³/mol. The normalized spacial score (nSPS) is 15.7. The Bertz CT molecular complexity index is 529. The fraction of sp³-hybridized carbons (Fsp3) is 0.500. The van der Waals surface area contributed by atoms with Crippen LogP contribution >= 0.6 is 0 Å². The molecule has 110 valence electrons. The second kappa shape index (κ2) is 6.26. The first kappa shape index (κ1) is 14.8. The van der Waals surface area contributed by atoms with Gasteiger partial charge in [0, 0.05) is 18.3 Å². The van der Waals surface area contributed by atoms with Crippen LogP contribution in [-0.4, -0.2) is 40.5 Å². The number of benzene rings is 1. The average Bonchev–Trinajstić information content (AvgIpc) is 3.24. The minimum Gasteiger partial charge on any atom is -0.497 e. The maximum Gasteiger partial charge on any atom is 0.235 e. The van der Waals surface area contributed by atoms with Crippen molar-refractivity contribution in [3.05, 3.63) is 18.2 Å². The fourth-order valence-electron chi connectivity index (χ4n) is 2.14. The SMILES string of the molecule is CCN(C(=O)CS(=O)c1cc(OC)ccc1N)C1CC1. The lowest BCUT2D eigenvalue weighted by Crippen LogP contribution is -2.36. The van der Waals surface area contributed by atoms with Crippen molar-refractivity contribution in [1.82, 2.24) is 4.90 Å². The van der Waals surface area contributed by atoms with Crippen LogP contribution in [0.1, 0.15) is 19.8 Å². The molecule has 0 saturated heterocycles. The van der Waals surface area contributed by atoms with Gasteiger partial charge in [0.15, 0.2) is 0 Å². The number of anilines is 1. The Hall–Kier alpha value is -1.56. The zero-order valence-electron chi connectivity index (χ0n) is 11.8. The molecule has 0 heterocycles. The first-order valence-corrected chi connectivity index (χ1v) is 8.00. The van der Waals surface area contributed by atoms with Crippen LogP contribution < -0.4 is 10.5 Å². The molecule has 1 amide bonds. The molecule has 0 bridgehead atoms. The molecule has 5 nitrogen and oxygen atoms in total. The van der Waals surface area contributed by atoms with E-state index in [1.807, 2.05) is 6.92 Å². The number of carbonyl (C=O) groups excluding carboxylic acids is 1. The first-order chi connectivity index (χ1) is 9.56. The molecule has 2 N–H and O–H groups in total. The van der Waals surface area contributed by atoms with Crippen molar-refractivity contribution in [2.75, 3.05) is 25.1 Å². The molecule has 0 aromatic heterocycles. The lowest BCUT2D eigenvalue weighted by molar-refractivity contribution is -0.128. The Morgan fingerprint density at radius 3 is 2.75 bits per heavy atom. The largest absolute Gasteiger partial charge is 0.497 e. The van der Waals surface area contributed by atoms with E-state index < -0.39 is 10.8 Å². The number of hydrogen-bond acceptors (Lipinski definition) is 4. The van der Waals surface area contributed by atoms with Crippen molar-refractivity contribution in [1.29, 1.82) is 0 Å². The molecule has 6 heteroatoms. The number of ether oxygens (including phenoxy) is 1. The summed E-state index contributed by atoms with van der Waals surface area (Å²) in [6.07, 6.45) is 2.10. The number of carbonyl (C=O) groups is 1. The zero-order chi connectivity index (χ0) is 14.7. The number of rotatable bonds is 6. The molecule has 1 aromatic rings. The fourth-order valence-corrected chi connectivity index (χ4v) is 3.26. The predicted octanol–water partition coefficient (Wildman–Crippen LogP) is 1.40. The van der Waals surface area contributed by atoms with Crippen LogP contribution in [0, 0.1) is 0 Å². The van der Waals surface area contributed by atoms with E-state index in [0.29, 0.717) is 28.9 Å². The summed E-state index contributed by atoms with van der Waals surface area (Å²) in [6.45, 7) is 2.60. The molecule has 1 atom stereocenters. The van der Waals surface area contributed by atoms with Crippen LogP contribution in [0.3, 0.4) is 0 Å². The first-order valence-electron chi connectivity index (χ1n) is 6.68. The average molecular weight is 296 g/mol. The number of amides is 1. The topological polar surface area (TPSA) is 72.6 Å². The van der Waals surface area contributed by atoms with E-state index in [4.69, 9.17) is 10.5 Å². The van der Waals surface area contributed by atoms with Crippen LogP contribution in [0.25, 0.3) is 0 Å². The van der Waals surface area contributed by atoms with Gasteiger partial charge in [0.2, 0.25) is 5.91 Å². The lowest BCUT2D eigenvalue weighted by Gasteiger charge is -2.20. The molecule has 0 spiro atoms. The van der Waals surface area contributed by atoms with Crippen molar-refractivity contribution >= 4 is 22.4 Å². The third kappa shape index (κ3) is 3.30. The molecule has 0 aliphatic heterocycles. The summed E-state index contributed by atoms with van der Waals surface area (Å²) in [4.78, 5) is 14.4. The molecule has 2 rings (SSSR count).